The highest BCUT2D eigenvalue weighted by Crippen LogP contribution is 2.29. The number of rotatable bonds is 3. The van der Waals surface area contributed by atoms with E-state index in [9.17, 15) is 13.6 Å². The van der Waals surface area contributed by atoms with Gasteiger partial charge in [0.2, 0.25) is 0 Å². The zero-order chi connectivity index (χ0) is 14.0. The van der Waals surface area contributed by atoms with Crippen molar-refractivity contribution in [3.8, 4) is 0 Å². The van der Waals surface area contributed by atoms with Gasteiger partial charge in [-0.05, 0) is 37.3 Å². The van der Waals surface area contributed by atoms with E-state index in [1.54, 1.807) is 0 Å². The lowest BCUT2D eigenvalue weighted by Crippen LogP contribution is -2.32. The van der Waals surface area contributed by atoms with E-state index in [1.165, 1.54) is 13.0 Å². The third-order valence-electron chi connectivity index (χ3n) is 3.60. The number of carbonyl (C=O) groups excluding carboxylic acids is 1. The Morgan fingerprint density at radius 1 is 1.42 bits per heavy atom. The van der Waals surface area contributed by atoms with E-state index in [4.69, 9.17) is 11.6 Å². The molecule has 2 rings (SSSR count). The Bertz CT molecular complexity index is 493. The minimum Gasteiger partial charge on any atom is -0.352 e. The van der Waals surface area contributed by atoms with Gasteiger partial charge in [-0.3, -0.25) is 4.79 Å². The second-order valence-corrected chi connectivity index (χ2v) is 5.53. The molecular formula is C14H16ClF2NO. The average molecular weight is 288 g/mol. The van der Waals surface area contributed by atoms with Gasteiger partial charge in [0, 0.05) is 11.9 Å². The van der Waals surface area contributed by atoms with Crippen LogP contribution in [0.4, 0.5) is 8.78 Å². The standard InChI is InChI=1S/C14H16ClF2NO/c1-8-5-6-11(16)12(13(8)17)14(19)18-7-9-3-2-4-10(9)15/h5-6,9-10H,2-4,7H2,1H3,(H,18,19). The van der Waals surface area contributed by atoms with Crippen LogP contribution in [0.5, 0.6) is 0 Å². The molecule has 0 spiro atoms. The van der Waals surface area contributed by atoms with E-state index in [-0.39, 0.29) is 16.9 Å². The topological polar surface area (TPSA) is 29.1 Å². The number of amides is 1. The first-order valence-corrected chi connectivity index (χ1v) is 6.81. The van der Waals surface area contributed by atoms with Crippen molar-refractivity contribution < 1.29 is 13.6 Å². The molecule has 1 aromatic rings. The molecule has 5 heteroatoms. The number of alkyl halides is 1. The van der Waals surface area contributed by atoms with Gasteiger partial charge in [-0.25, -0.2) is 8.78 Å². The molecule has 0 saturated heterocycles. The monoisotopic (exact) mass is 287 g/mol. The Morgan fingerprint density at radius 2 is 2.16 bits per heavy atom. The van der Waals surface area contributed by atoms with E-state index < -0.39 is 23.1 Å². The number of carbonyl (C=O) groups is 1. The zero-order valence-corrected chi connectivity index (χ0v) is 11.4. The highest BCUT2D eigenvalue weighted by molar-refractivity contribution is 6.21. The molecule has 1 amide bonds. The maximum atomic E-state index is 13.8. The fourth-order valence-corrected chi connectivity index (χ4v) is 2.77. The summed E-state index contributed by atoms with van der Waals surface area (Å²) in [6.07, 6.45) is 2.89. The van der Waals surface area contributed by atoms with Crippen molar-refractivity contribution in [1.29, 1.82) is 0 Å². The van der Waals surface area contributed by atoms with Crippen molar-refractivity contribution in [1.82, 2.24) is 5.32 Å². The molecule has 0 radical (unpaired) electrons. The van der Waals surface area contributed by atoms with Crippen LogP contribution < -0.4 is 5.32 Å². The molecule has 0 heterocycles. The Hall–Kier alpha value is -1.16. The van der Waals surface area contributed by atoms with Gasteiger partial charge < -0.3 is 5.32 Å². The average Bonchev–Trinajstić information content (AvgIpc) is 2.77. The molecule has 0 bridgehead atoms. The number of aryl methyl sites for hydroxylation is 1. The summed E-state index contributed by atoms with van der Waals surface area (Å²) >= 11 is 6.10. The maximum Gasteiger partial charge on any atom is 0.257 e. The number of halogens is 3. The molecule has 0 aliphatic heterocycles. The minimum atomic E-state index is -0.838. The summed E-state index contributed by atoms with van der Waals surface area (Å²) in [6, 6.07) is 2.42. The third-order valence-corrected chi connectivity index (χ3v) is 4.18. The SMILES string of the molecule is Cc1ccc(F)c(C(=O)NCC2CCCC2Cl)c1F. The van der Waals surface area contributed by atoms with Crippen LogP contribution in [0.25, 0.3) is 0 Å². The smallest absolute Gasteiger partial charge is 0.257 e. The molecule has 0 aromatic heterocycles. The fourth-order valence-electron chi connectivity index (χ4n) is 2.40. The van der Waals surface area contributed by atoms with Crippen LogP contribution in [0.2, 0.25) is 0 Å². The van der Waals surface area contributed by atoms with E-state index in [0.717, 1.165) is 25.3 Å². The summed E-state index contributed by atoms with van der Waals surface area (Å²) in [5.41, 5.74) is -0.258. The molecule has 1 fully saturated rings. The number of nitrogens with one attached hydrogen (secondary N) is 1. The second-order valence-electron chi connectivity index (χ2n) is 4.97. The molecule has 1 aliphatic rings. The molecule has 2 atom stereocenters. The normalized spacial score (nSPS) is 22.5. The minimum absolute atomic E-state index is 0.0347. The van der Waals surface area contributed by atoms with E-state index in [0.29, 0.717) is 6.54 Å². The number of hydrogen-bond acceptors (Lipinski definition) is 1. The molecule has 2 unspecified atom stereocenters. The van der Waals surface area contributed by atoms with Crippen molar-refractivity contribution in [3.63, 3.8) is 0 Å². The number of benzene rings is 1. The quantitative estimate of drug-likeness (QED) is 0.848. The second kappa shape index (κ2) is 5.87. The van der Waals surface area contributed by atoms with Crippen LogP contribution in [0, 0.1) is 24.5 Å². The molecular weight excluding hydrogens is 272 g/mol. The van der Waals surface area contributed by atoms with Crippen LogP contribution in [0.1, 0.15) is 35.2 Å². The molecule has 19 heavy (non-hydrogen) atoms. The van der Waals surface area contributed by atoms with Crippen LogP contribution in [-0.2, 0) is 0 Å². The van der Waals surface area contributed by atoms with Gasteiger partial charge in [-0.1, -0.05) is 12.5 Å². The van der Waals surface area contributed by atoms with Gasteiger partial charge >= 0.3 is 0 Å². The van der Waals surface area contributed by atoms with Crippen molar-refractivity contribution in [2.24, 2.45) is 5.92 Å². The van der Waals surface area contributed by atoms with Crippen LogP contribution in [0.15, 0.2) is 12.1 Å². The predicted octanol–water partition coefficient (Wildman–Crippen LogP) is 3.41. The van der Waals surface area contributed by atoms with Crippen molar-refractivity contribution in [2.75, 3.05) is 6.54 Å². The molecule has 1 aliphatic carbocycles. The summed E-state index contributed by atoms with van der Waals surface area (Å²) < 4.78 is 27.3. The zero-order valence-electron chi connectivity index (χ0n) is 10.7. The largest absolute Gasteiger partial charge is 0.352 e. The third kappa shape index (κ3) is 3.06. The molecule has 1 saturated carbocycles. The lowest BCUT2D eigenvalue weighted by Gasteiger charge is -2.15. The van der Waals surface area contributed by atoms with E-state index in [2.05, 4.69) is 5.32 Å². The van der Waals surface area contributed by atoms with Crippen LogP contribution in [0.3, 0.4) is 0 Å². The van der Waals surface area contributed by atoms with Gasteiger partial charge in [0.05, 0.1) is 0 Å². The molecule has 104 valence electrons. The first-order chi connectivity index (χ1) is 9.00. The van der Waals surface area contributed by atoms with Gasteiger partial charge in [0.1, 0.15) is 17.2 Å². The number of hydrogen-bond donors (Lipinski definition) is 1. The van der Waals surface area contributed by atoms with Crippen molar-refractivity contribution in [3.05, 3.63) is 34.9 Å². The van der Waals surface area contributed by atoms with Crippen LogP contribution in [-0.4, -0.2) is 17.8 Å². The Labute approximate surface area is 116 Å². The maximum absolute atomic E-state index is 13.8. The predicted molar refractivity (Wildman–Crippen MR) is 70.4 cm³/mol. The summed E-state index contributed by atoms with van der Waals surface area (Å²) in [5, 5.41) is 2.61. The van der Waals surface area contributed by atoms with Crippen LogP contribution >= 0.6 is 11.6 Å². The Balaban J connectivity index is 2.06. The summed E-state index contributed by atoms with van der Waals surface area (Å²) in [6.45, 7) is 1.86. The van der Waals surface area contributed by atoms with E-state index >= 15 is 0 Å². The van der Waals surface area contributed by atoms with Crippen molar-refractivity contribution >= 4 is 17.5 Å². The van der Waals surface area contributed by atoms with Gasteiger partial charge in [-0.2, -0.15) is 0 Å². The fraction of sp³-hybridized carbons (Fsp3) is 0.500. The first kappa shape index (κ1) is 14.3. The summed E-state index contributed by atoms with van der Waals surface area (Å²) in [5.74, 6) is -2.17. The van der Waals surface area contributed by atoms with Gasteiger partial charge in [0.25, 0.3) is 5.91 Å². The lowest BCUT2D eigenvalue weighted by molar-refractivity contribution is 0.0939. The first-order valence-electron chi connectivity index (χ1n) is 6.37. The summed E-state index contributed by atoms with van der Waals surface area (Å²) in [7, 11) is 0. The summed E-state index contributed by atoms with van der Waals surface area (Å²) in [4.78, 5) is 11.9. The highest BCUT2D eigenvalue weighted by Gasteiger charge is 2.26. The highest BCUT2D eigenvalue weighted by atomic mass is 35.5. The van der Waals surface area contributed by atoms with Gasteiger partial charge in [0.15, 0.2) is 0 Å². The molecule has 1 N–H and O–H groups in total. The molecule has 1 aromatic carbocycles. The Kier molecular flexibility index (Phi) is 4.40. The lowest BCUT2D eigenvalue weighted by atomic mass is 10.1. The molecule has 2 nitrogen and oxygen atoms in total. The van der Waals surface area contributed by atoms with E-state index in [1.807, 2.05) is 0 Å². The van der Waals surface area contributed by atoms with Crippen molar-refractivity contribution in [2.45, 2.75) is 31.6 Å². The Morgan fingerprint density at radius 3 is 2.79 bits per heavy atom. The van der Waals surface area contributed by atoms with Gasteiger partial charge in [-0.15, -0.1) is 11.6 Å².